The summed E-state index contributed by atoms with van der Waals surface area (Å²) in [6.45, 7) is 1.69. The SMILES string of the molecule is CCC#CCn1c(=O)c(C(=O)O)nn(C)c1=O. The second-order valence-corrected chi connectivity index (χ2v) is 3.16. The summed E-state index contributed by atoms with van der Waals surface area (Å²) in [4.78, 5) is 33.9. The van der Waals surface area contributed by atoms with E-state index in [0.29, 0.717) is 6.42 Å². The third-order valence-electron chi connectivity index (χ3n) is 1.95. The molecule has 1 aromatic heterocycles. The average Bonchev–Trinajstić information content (AvgIpc) is 2.28. The molecule has 0 aromatic carbocycles. The molecule has 0 aliphatic heterocycles. The zero-order chi connectivity index (χ0) is 13.0. The first-order valence-corrected chi connectivity index (χ1v) is 4.86. The highest BCUT2D eigenvalue weighted by molar-refractivity contribution is 5.84. The van der Waals surface area contributed by atoms with Crippen LogP contribution in [0.4, 0.5) is 0 Å². The molecule has 1 N–H and O–H groups in total. The van der Waals surface area contributed by atoms with Crippen molar-refractivity contribution in [3.8, 4) is 11.8 Å². The van der Waals surface area contributed by atoms with Gasteiger partial charge in [-0.3, -0.25) is 4.79 Å². The van der Waals surface area contributed by atoms with E-state index in [0.717, 1.165) is 9.25 Å². The van der Waals surface area contributed by atoms with E-state index >= 15 is 0 Å². The minimum atomic E-state index is -1.47. The van der Waals surface area contributed by atoms with Gasteiger partial charge in [0.2, 0.25) is 5.69 Å². The highest BCUT2D eigenvalue weighted by atomic mass is 16.4. The number of carboxylic acid groups (broad SMARTS) is 1. The van der Waals surface area contributed by atoms with Gasteiger partial charge < -0.3 is 5.11 Å². The summed E-state index contributed by atoms with van der Waals surface area (Å²) in [6, 6.07) is 0. The van der Waals surface area contributed by atoms with E-state index in [1.54, 1.807) is 0 Å². The van der Waals surface area contributed by atoms with Gasteiger partial charge in [-0.25, -0.2) is 18.8 Å². The molecule has 1 aromatic rings. The zero-order valence-electron chi connectivity index (χ0n) is 9.43. The summed E-state index contributed by atoms with van der Waals surface area (Å²) in [5, 5.41) is 12.1. The van der Waals surface area contributed by atoms with Crippen molar-refractivity contribution < 1.29 is 9.90 Å². The van der Waals surface area contributed by atoms with Crippen molar-refractivity contribution >= 4 is 5.97 Å². The van der Waals surface area contributed by atoms with Crippen molar-refractivity contribution in [2.45, 2.75) is 19.9 Å². The maximum Gasteiger partial charge on any atom is 0.362 e. The number of nitrogens with zero attached hydrogens (tertiary/aromatic N) is 3. The molecule has 7 heteroatoms. The molecule has 0 unspecified atom stereocenters. The van der Waals surface area contributed by atoms with Gasteiger partial charge in [0.1, 0.15) is 0 Å². The molecule has 0 bridgehead atoms. The number of aryl methyl sites for hydroxylation is 1. The van der Waals surface area contributed by atoms with E-state index in [1.165, 1.54) is 7.05 Å². The van der Waals surface area contributed by atoms with Crippen LogP contribution < -0.4 is 11.2 Å². The van der Waals surface area contributed by atoms with Gasteiger partial charge in [-0.15, -0.1) is 5.92 Å². The van der Waals surface area contributed by atoms with E-state index < -0.39 is 22.9 Å². The maximum absolute atomic E-state index is 11.6. The molecule has 17 heavy (non-hydrogen) atoms. The number of aromatic carboxylic acids is 1. The van der Waals surface area contributed by atoms with Crippen LogP contribution in [0.1, 0.15) is 23.8 Å². The summed E-state index contributed by atoms with van der Waals surface area (Å²) < 4.78 is 1.55. The topological polar surface area (TPSA) is 94.2 Å². The molecule has 1 rings (SSSR count). The molecule has 0 saturated carbocycles. The lowest BCUT2D eigenvalue weighted by atomic mass is 10.4. The lowest BCUT2D eigenvalue weighted by Crippen LogP contribution is -2.43. The molecule has 0 aliphatic rings. The Balaban J connectivity index is 3.43. The third-order valence-corrected chi connectivity index (χ3v) is 1.95. The number of hydrogen-bond acceptors (Lipinski definition) is 4. The number of aromatic nitrogens is 3. The number of carboxylic acids is 1. The number of carbonyl (C=O) groups is 1. The maximum atomic E-state index is 11.6. The van der Waals surface area contributed by atoms with Gasteiger partial charge in [-0.05, 0) is 0 Å². The van der Waals surface area contributed by atoms with Crippen molar-refractivity contribution in [1.82, 2.24) is 14.3 Å². The molecular formula is C10H11N3O4. The van der Waals surface area contributed by atoms with Crippen LogP contribution in [0.15, 0.2) is 9.59 Å². The van der Waals surface area contributed by atoms with Gasteiger partial charge >= 0.3 is 11.7 Å². The van der Waals surface area contributed by atoms with Crippen molar-refractivity contribution in [3.63, 3.8) is 0 Å². The minimum Gasteiger partial charge on any atom is -0.476 e. The lowest BCUT2D eigenvalue weighted by molar-refractivity contribution is 0.0684. The third kappa shape index (κ3) is 2.60. The molecule has 0 fully saturated rings. The van der Waals surface area contributed by atoms with Gasteiger partial charge in [-0.1, -0.05) is 12.8 Å². The van der Waals surface area contributed by atoms with Crippen LogP contribution in [0.5, 0.6) is 0 Å². The Hall–Kier alpha value is -2.36. The summed E-state index contributed by atoms with van der Waals surface area (Å²) in [6.07, 6.45) is 0.589. The summed E-state index contributed by atoms with van der Waals surface area (Å²) in [5.41, 5.74) is -2.32. The van der Waals surface area contributed by atoms with Gasteiger partial charge in [-0.2, -0.15) is 5.10 Å². The number of rotatable bonds is 2. The largest absolute Gasteiger partial charge is 0.476 e. The van der Waals surface area contributed by atoms with Crippen molar-refractivity contribution in [2.75, 3.05) is 0 Å². The second-order valence-electron chi connectivity index (χ2n) is 3.16. The van der Waals surface area contributed by atoms with E-state index in [9.17, 15) is 14.4 Å². The van der Waals surface area contributed by atoms with Crippen LogP contribution in [0.2, 0.25) is 0 Å². The highest BCUT2D eigenvalue weighted by Gasteiger charge is 2.16. The fourth-order valence-corrected chi connectivity index (χ4v) is 1.16. The summed E-state index contributed by atoms with van der Waals surface area (Å²) in [5.74, 6) is 3.83. The first-order chi connectivity index (χ1) is 7.99. The standard InChI is InChI=1S/C10H11N3O4/c1-3-4-5-6-13-8(14)7(9(15)16)11-12(2)10(13)17/h3,6H2,1-2H3,(H,15,16). The van der Waals surface area contributed by atoms with Crippen molar-refractivity contribution in [3.05, 3.63) is 26.5 Å². The van der Waals surface area contributed by atoms with E-state index in [1.807, 2.05) is 6.92 Å². The Morgan fingerprint density at radius 2 is 2.06 bits per heavy atom. The minimum absolute atomic E-state index is 0.137. The second kappa shape index (κ2) is 5.12. The van der Waals surface area contributed by atoms with E-state index in [2.05, 4.69) is 16.9 Å². The Morgan fingerprint density at radius 3 is 2.59 bits per heavy atom. The van der Waals surface area contributed by atoms with Crippen molar-refractivity contribution in [1.29, 1.82) is 0 Å². The summed E-state index contributed by atoms with van der Waals surface area (Å²) >= 11 is 0. The number of hydrogen-bond donors (Lipinski definition) is 1. The average molecular weight is 237 g/mol. The molecular weight excluding hydrogens is 226 g/mol. The molecule has 0 radical (unpaired) electrons. The van der Waals surface area contributed by atoms with E-state index in [-0.39, 0.29) is 6.54 Å². The Kier molecular flexibility index (Phi) is 3.82. The molecule has 0 saturated heterocycles. The lowest BCUT2D eigenvalue weighted by Gasteiger charge is -2.03. The molecule has 0 spiro atoms. The molecule has 0 amide bonds. The molecule has 1 heterocycles. The molecule has 0 atom stereocenters. The fraction of sp³-hybridized carbons (Fsp3) is 0.400. The predicted octanol–water partition coefficient (Wildman–Crippen LogP) is -0.946. The Bertz CT molecular complexity index is 615. The molecule has 0 aliphatic carbocycles. The highest BCUT2D eigenvalue weighted by Crippen LogP contribution is 1.82. The first-order valence-electron chi connectivity index (χ1n) is 4.86. The van der Waals surface area contributed by atoms with E-state index in [4.69, 9.17) is 5.11 Å². The normalized spacial score (nSPS) is 9.53. The van der Waals surface area contributed by atoms with Crippen LogP contribution in [0.3, 0.4) is 0 Å². The van der Waals surface area contributed by atoms with Crippen LogP contribution in [-0.2, 0) is 13.6 Å². The van der Waals surface area contributed by atoms with Crippen LogP contribution >= 0.6 is 0 Å². The first kappa shape index (κ1) is 12.7. The zero-order valence-corrected chi connectivity index (χ0v) is 9.43. The Morgan fingerprint density at radius 1 is 1.41 bits per heavy atom. The Labute approximate surface area is 96.3 Å². The van der Waals surface area contributed by atoms with Crippen LogP contribution in [0.25, 0.3) is 0 Å². The molecule has 90 valence electrons. The quantitative estimate of drug-likeness (QED) is 0.669. The predicted molar refractivity (Wildman–Crippen MR) is 58.8 cm³/mol. The van der Waals surface area contributed by atoms with Crippen molar-refractivity contribution in [2.24, 2.45) is 7.05 Å². The van der Waals surface area contributed by atoms with Crippen LogP contribution in [-0.4, -0.2) is 25.4 Å². The molecule has 7 nitrogen and oxygen atoms in total. The van der Waals surface area contributed by atoms with Gasteiger partial charge in [0.05, 0.1) is 6.54 Å². The monoisotopic (exact) mass is 237 g/mol. The fourth-order valence-electron chi connectivity index (χ4n) is 1.16. The van der Waals surface area contributed by atoms with Gasteiger partial charge in [0.15, 0.2) is 0 Å². The summed E-state index contributed by atoms with van der Waals surface area (Å²) in [7, 11) is 1.28. The van der Waals surface area contributed by atoms with Gasteiger partial charge in [0, 0.05) is 13.5 Å². The van der Waals surface area contributed by atoms with Gasteiger partial charge in [0.25, 0.3) is 5.56 Å². The van der Waals surface area contributed by atoms with Crippen LogP contribution in [0, 0.1) is 11.8 Å². The smallest absolute Gasteiger partial charge is 0.362 e.